The average molecular weight is 676 g/mol. The summed E-state index contributed by atoms with van der Waals surface area (Å²) in [5, 5.41) is 10.7. The van der Waals surface area contributed by atoms with Crippen LogP contribution in [-0.2, 0) is 31.0 Å². The van der Waals surface area contributed by atoms with Crippen LogP contribution in [0.15, 0.2) is 53.7 Å². The largest absolute Gasteiger partial charge is 0.417 e. The first kappa shape index (κ1) is 31.9. The molecule has 46 heavy (non-hydrogen) atoms. The maximum atomic E-state index is 15.0. The minimum Gasteiger partial charge on any atom is -0.336 e. The molecule has 3 heterocycles. The second-order valence-corrected chi connectivity index (χ2v) is 14.6. The van der Waals surface area contributed by atoms with E-state index in [0.717, 1.165) is 10.5 Å². The number of amides is 2. The summed E-state index contributed by atoms with van der Waals surface area (Å²) in [4.78, 5) is 36.3. The van der Waals surface area contributed by atoms with E-state index in [1.54, 1.807) is 25.3 Å². The summed E-state index contributed by atoms with van der Waals surface area (Å²) >= 11 is 6.51. The Labute approximate surface area is 266 Å². The lowest BCUT2D eigenvalue weighted by atomic mass is 9.97. The van der Waals surface area contributed by atoms with Gasteiger partial charge in [0.15, 0.2) is 9.84 Å². The molecule has 0 radical (unpaired) electrons. The Bertz CT molecular complexity index is 1920. The number of hydrogen-bond acceptors (Lipinski definition) is 7. The molecular formula is C31H26ClF4N5O4S. The highest BCUT2D eigenvalue weighted by molar-refractivity contribution is 7.92. The van der Waals surface area contributed by atoms with E-state index >= 15 is 4.39 Å². The Morgan fingerprint density at radius 1 is 1.13 bits per heavy atom. The third-order valence-electron chi connectivity index (χ3n) is 8.93. The van der Waals surface area contributed by atoms with Crippen molar-refractivity contribution < 1.29 is 35.6 Å². The second-order valence-electron chi connectivity index (χ2n) is 12.0. The number of nitrogens with one attached hydrogen (secondary N) is 1. The molecule has 3 aromatic rings. The molecule has 2 atom stereocenters. The van der Waals surface area contributed by atoms with Crippen LogP contribution >= 0.6 is 11.6 Å². The quantitative estimate of drug-likeness (QED) is 0.352. The third-order valence-corrected chi connectivity index (χ3v) is 11.5. The summed E-state index contributed by atoms with van der Waals surface area (Å²) in [7, 11) is -4.27. The van der Waals surface area contributed by atoms with E-state index in [1.165, 1.54) is 12.1 Å². The van der Waals surface area contributed by atoms with Crippen molar-refractivity contribution in [2.24, 2.45) is 0 Å². The van der Waals surface area contributed by atoms with E-state index in [1.807, 2.05) is 12.1 Å². The summed E-state index contributed by atoms with van der Waals surface area (Å²) in [5.41, 5.74) is -2.56. The van der Waals surface area contributed by atoms with Gasteiger partial charge in [-0.2, -0.15) is 18.4 Å². The van der Waals surface area contributed by atoms with Crippen LogP contribution in [0.3, 0.4) is 0 Å². The van der Waals surface area contributed by atoms with Gasteiger partial charge in [0, 0.05) is 30.2 Å². The normalized spacial score (nSPS) is 21.4. The number of likely N-dealkylation sites (tertiary alicyclic amines) is 1. The van der Waals surface area contributed by atoms with Crippen molar-refractivity contribution in [1.82, 2.24) is 20.2 Å². The molecule has 15 heteroatoms. The fourth-order valence-electron chi connectivity index (χ4n) is 5.97. The van der Waals surface area contributed by atoms with E-state index in [2.05, 4.69) is 15.3 Å². The first-order chi connectivity index (χ1) is 21.6. The molecule has 1 aliphatic heterocycles. The maximum absolute atomic E-state index is 15.0. The van der Waals surface area contributed by atoms with Crippen LogP contribution in [0, 0.1) is 24.1 Å². The van der Waals surface area contributed by atoms with Crippen LogP contribution in [-0.4, -0.2) is 58.5 Å². The molecule has 240 valence electrons. The molecule has 2 aromatic heterocycles. The van der Waals surface area contributed by atoms with Gasteiger partial charge in [-0.3, -0.25) is 19.6 Å². The molecule has 9 nitrogen and oxygen atoms in total. The zero-order chi connectivity index (χ0) is 33.2. The number of aromatic nitrogens is 2. The molecule has 6 rings (SSSR count). The highest BCUT2D eigenvalue weighted by Crippen LogP contribution is 2.51. The molecule has 1 saturated heterocycles. The Kier molecular flexibility index (Phi) is 7.63. The molecule has 1 aromatic carbocycles. The number of alkyl halides is 3. The number of rotatable bonds is 7. The van der Waals surface area contributed by atoms with E-state index in [9.17, 15) is 36.4 Å². The van der Waals surface area contributed by atoms with Gasteiger partial charge in [-0.25, -0.2) is 12.8 Å². The van der Waals surface area contributed by atoms with Gasteiger partial charge in [-0.05, 0) is 68.9 Å². The number of carbonyl (C=O) groups excluding carboxylic acids is 2. The maximum Gasteiger partial charge on any atom is 0.417 e. The minimum absolute atomic E-state index is 0.0343. The first-order valence-corrected chi connectivity index (χ1v) is 16.3. The number of aryl methyl sites for hydroxylation is 1. The Hall–Kier alpha value is -4.09. The number of nitrogens with zero attached hydrogens (tertiary/aromatic N) is 4. The number of hydrogen-bond donors (Lipinski definition) is 1. The fraction of sp³-hybridized carbons (Fsp3) is 0.387. The molecule has 2 saturated carbocycles. The first-order valence-electron chi connectivity index (χ1n) is 14.3. The van der Waals surface area contributed by atoms with Gasteiger partial charge < -0.3 is 10.2 Å². The minimum atomic E-state index is -4.86. The van der Waals surface area contributed by atoms with Crippen molar-refractivity contribution in [3.63, 3.8) is 0 Å². The summed E-state index contributed by atoms with van der Waals surface area (Å²) in [6.07, 6.45) is -2.33. The highest BCUT2D eigenvalue weighted by atomic mass is 35.5. The van der Waals surface area contributed by atoms with Crippen molar-refractivity contribution in [1.29, 1.82) is 5.26 Å². The summed E-state index contributed by atoms with van der Waals surface area (Å²) in [6.45, 7) is 1.32. The number of benzene rings is 1. The smallest absolute Gasteiger partial charge is 0.336 e. The van der Waals surface area contributed by atoms with Gasteiger partial charge in [0.05, 0.1) is 37.9 Å². The van der Waals surface area contributed by atoms with Crippen molar-refractivity contribution in [2.45, 2.75) is 72.3 Å². The van der Waals surface area contributed by atoms with Crippen LogP contribution in [0.2, 0.25) is 5.02 Å². The van der Waals surface area contributed by atoms with Crippen LogP contribution in [0.5, 0.6) is 0 Å². The Morgan fingerprint density at radius 2 is 1.85 bits per heavy atom. The molecule has 3 aliphatic rings. The van der Waals surface area contributed by atoms with Gasteiger partial charge in [0.25, 0.3) is 0 Å². The van der Waals surface area contributed by atoms with Crippen LogP contribution in [0.1, 0.15) is 49.1 Å². The second kappa shape index (κ2) is 11.0. The van der Waals surface area contributed by atoms with Gasteiger partial charge in [0.1, 0.15) is 17.4 Å². The topological polar surface area (TPSA) is 133 Å². The van der Waals surface area contributed by atoms with Gasteiger partial charge in [-0.15, -0.1) is 0 Å². The summed E-state index contributed by atoms with van der Waals surface area (Å²) in [5.74, 6) is -2.91. The number of sulfone groups is 1. The van der Waals surface area contributed by atoms with Crippen LogP contribution in [0.25, 0.3) is 11.1 Å². The van der Waals surface area contributed by atoms with Crippen molar-refractivity contribution in [3.8, 4) is 17.2 Å². The molecule has 2 amide bonds. The highest BCUT2D eigenvalue weighted by Gasteiger charge is 2.60. The lowest BCUT2D eigenvalue weighted by molar-refractivity contribution is -0.140. The molecule has 3 fully saturated rings. The number of carbonyl (C=O) groups is 2. The van der Waals surface area contributed by atoms with Gasteiger partial charge >= 0.3 is 6.18 Å². The van der Waals surface area contributed by atoms with Crippen LogP contribution in [0.4, 0.5) is 17.6 Å². The lowest BCUT2D eigenvalue weighted by Crippen LogP contribution is -2.52. The summed E-state index contributed by atoms with van der Waals surface area (Å²) in [6, 6.07) is 8.87. The SMILES string of the molecule is Cc1ncccc1-c1ccc(S(=O)(=O)[C@@H]2C[C@@H](C(=O)NC3(C#N)CC3)N(C(=O)C3(c4ncc(C(F)(F)F)cc4F)CC3)C2)c(Cl)c1. The summed E-state index contributed by atoms with van der Waals surface area (Å²) < 4.78 is 82.5. The molecule has 0 bridgehead atoms. The predicted molar refractivity (Wildman–Crippen MR) is 156 cm³/mol. The van der Waals surface area contributed by atoms with Crippen LogP contribution < -0.4 is 5.32 Å². The fourth-order valence-corrected chi connectivity index (χ4v) is 8.21. The Balaban J connectivity index is 1.33. The third kappa shape index (κ3) is 5.49. The van der Waals surface area contributed by atoms with E-state index in [0.29, 0.717) is 30.3 Å². The molecule has 2 aliphatic carbocycles. The lowest BCUT2D eigenvalue weighted by Gasteiger charge is -2.29. The standard InChI is InChI=1S/C31H26ClF4N5O4S/c1-17-21(3-2-10-38-17)18-4-5-25(22(32)11-18)46(44,45)20-13-24(27(42)40-29(16-37)6-7-29)41(15-20)28(43)30(8-9-30)26-23(33)12-19(14-39-26)31(34,35)36/h2-5,10-12,14,20,24H,6-9,13,15H2,1H3,(H,40,42)/t20-,24+/m1/s1. The van der Waals surface area contributed by atoms with Crippen molar-refractivity contribution >= 4 is 33.3 Å². The van der Waals surface area contributed by atoms with Gasteiger partial charge in [0.2, 0.25) is 11.8 Å². The zero-order valence-electron chi connectivity index (χ0n) is 24.2. The number of halogens is 5. The van der Waals surface area contributed by atoms with Crippen molar-refractivity contribution in [2.75, 3.05) is 6.54 Å². The predicted octanol–water partition coefficient (Wildman–Crippen LogP) is 4.91. The monoisotopic (exact) mass is 675 g/mol. The van der Waals surface area contributed by atoms with E-state index in [-0.39, 0.29) is 35.2 Å². The molecule has 1 N–H and O–H groups in total. The average Bonchev–Trinajstić information content (AvgIpc) is 3.92. The Morgan fingerprint density at radius 3 is 2.41 bits per heavy atom. The molecular weight excluding hydrogens is 650 g/mol. The van der Waals surface area contributed by atoms with E-state index < -0.39 is 73.7 Å². The molecule has 0 unspecified atom stereocenters. The number of nitriles is 1. The van der Waals surface area contributed by atoms with Crippen molar-refractivity contribution in [3.05, 3.63) is 76.6 Å². The molecule has 0 spiro atoms. The van der Waals surface area contributed by atoms with Gasteiger partial charge in [-0.1, -0.05) is 23.7 Å². The van der Waals surface area contributed by atoms with E-state index in [4.69, 9.17) is 11.6 Å². The zero-order valence-corrected chi connectivity index (χ0v) is 25.8. The number of pyridine rings is 2.